The zero-order valence-electron chi connectivity index (χ0n) is 32.5. The number of hydrogen-bond donors (Lipinski definition) is 0. The normalized spacial score (nSPS) is 14.0. The van der Waals surface area contributed by atoms with Gasteiger partial charge in [0.25, 0.3) is 0 Å². The standard InChI is InChI=1S/C43H47N4O/c1-41(2,3)28-19-20-44-40(23-28)47-35-16-12-11-15-32(35)33-25-34(43(7,8)9)39(26-38(33)47)48-31-22-29(42(4,5)6)21-30(24-31)46-27-45(10)36-17-13-14-18-37(36)46/h11-27H,1-10H3/q+1/i10D3. The summed E-state index contributed by atoms with van der Waals surface area (Å²) in [5.41, 5.74) is 7.27. The zero-order chi connectivity index (χ0) is 36.7. The number of ether oxygens (including phenoxy) is 1. The summed E-state index contributed by atoms with van der Waals surface area (Å²) in [5.74, 6) is 2.30. The first kappa shape index (κ1) is 28.1. The first-order valence-electron chi connectivity index (χ1n) is 18.2. The third kappa shape index (κ3) is 5.55. The van der Waals surface area contributed by atoms with Crippen molar-refractivity contribution in [3.05, 3.63) is 120 Å². The van der Waals surface area contributed by atoms with Crippen LogP contribution in [0.4, 0.5) is 0 Å². The van der Waals surface area contributed by atoms with Crippen molar-refractivity contribution in [3.63, 3.8) is 0 Å². The SMILES string of the molecule is [2H]C([2H])([2H])[n+]1cn(-c2cc(Oc3cc4c(cc3C(C)(C)C)c3ccccc3n4-c3cc(C(C)(C)C)ccn3)cc(C(C)(C)C)c2)c2ccccc21. The first-order valence-corrected chi connectivity index (χ1v) is 16.7. The highest BCUT2D eigenvalue weighted by atomic mass is 16.5. The van der Waals surface area contributed by atoms with Gasteiger partial charge in [0.05, 0.1) is 22.1 Å². The fraction of sp³-hybridized carbons (Fsp3) is 0.302. The third-order valence-electron chi connectivity index (χ3n) is 9.32. The van der Waals surface area contributed by atoms with Crippen molar-refractivity contribution in [2.45, 2.75) is 78.6 Å². The highest BCUT2D eigenvalue weighted by Crippen LogP contribution is 2.43. The van der Waals surface area contributed by atoms with E-state index in [1.54, 1.807) is 6.33 Å². The van der Waals surface area contributed by atoms with Crippen molar-refractivity contribution in [1.29, 1.82) is 0 Å². The van der Waals surface area contributed by atoms with Crippen molar-refractivity contribution in [2.75, 3.05) is 0 Å². The van der Waals surface area contributed by atoms with Crippen LogP contribution >= 0.6 is 0 Å². The Hall–Kier alpha value is -4.90. The number of benzene rings is 4. The van der Waals surface area contributed by atoms with Crippen LogP contribution in [0.1, 0.15) is 83.1 Å². The van der Waals surface area contributed by atoms with Gasteiger partial charge in [-0.25, -0.2) is 9.55 Å². The topological polar surface area (TPSA) is 35.9 Å². The number of hydrogen-bond acceptors (Lipinski definition) is 2. The highest BCUT2D eigenvalue weighted by molar-refractivity contribution is 6.10. The molecule has 0 radical (unpaired) electrons. The van der Waals surface area contributed by atoms with E-state index >= 15 is 0 Å². The van der Waals surface area contributed by atoms with Crippen LogP contribution in [0.3, 0.4) is 0 Å². The molecule has 0 bridgehead atoms. The average Bonchev–Trinajstić information content (AvgIpc) is 3.59. The largest absolute Gasteiger partial charge is 0.457 e. The molecule has 0 amide bonds. The van der Waals surface area contributed by atoms with Crippen molar-refractivity contribution in [3.8, 4) is 23.0 Å². The maximum atomic E-state index is 8.22. The van der Waals surface area contributed by atoms with E-state index in [-0.39, 0.29) is 16.2 Å². The van der Waals surface area contributed by atoms with Crippen LogP contribution in [-0.2, 0) is 23.2 Å². The van der Waals surface area contributed by atoms with Crippen LogP contribution in [0, 0.1) is 0 Å². The van der Waals surface area contributed by atoms with Gasteiger partial charge in [0.15, 0.2) is 11.0 Å². The Morgan fingerprint density at radius 3 is 2.08 bits per heavy atom. The molecule has 0 aliphatic carbocycles. The lowest BCUT2D eigenvalue weighted by molar-refractivity contribution is -0.645. The first-order chi connectivity index (χ1) is 23.8. The summed E-state index contributed by atoms with van der Waals surface area (Å²) in [7, 11) is 0. The summed E-state index contributed by atoms with van der Waals surface area (Å²) in [6.45, 7) is 17.5. The van der Waals surface area contributed by atoms with E-state index in [1.165, 1.54) is 10.1 Å². The molecule has 244 valence electrons. The van der Waals surface area contributed by atoms with Crippen LogP contribution in [0.5, 0.6) is 11.5 Å². The van der Waals surface area contributed by atoms with Crippen molar-refractivity contribution >= 4 is 32.8 Å². The second kappa shape index (κ2) is 11.1. The van der Waals surface area contributed by atoms with Gasteiger partial charge in [-0.05, 0) is 75.9 Å². The predicted octanol–water partition coefficient (Wildman–Crippen LogP) is 10.6. The smallest absolute Gasteiger partial charge is 0.249 e. The minimum atomic E-state index is -2.33. The van der Waals surface area contributed by atoms with Crippen LogP contribution < -0.4 is 9.30 Å². The third-order valence-corrected chi connectivity index (χ3v) is 9.32. The van der Waals surface area contributed by atoms with Gasteiger partial charge in [-0.3, -0.25) is 4.57 Å². The summed E-state index contributed by atoms with van der Waals surface area (Å²) >= 11 is 0. The molecule has 5 nitrogen and oxygen atoms in total. The molecule has 3 aromatic heterocycles. The van der Waals surface area contributed by atoms with Crippen molar-refractivity contribution in [1.82, 2.24) is 14.1 Å². The molecule has 0 aliphatic heterocycles. The number of imidazole rings is 1. The van der Waals surface area contributed by atoms with E-state index in [4.69, 9.17) is 13.8 Å². The molecular formula is C43H47N4O+. The summed E-state index contributed by atoms with van der Waals surface area (Å²) in [6, 6.07) is 31.1. The second-order valence-electron chi connectivity index (χ2n) is 16.0. The molecule has 0 unspecified atom stereocenters. The highest BCUT2D eigenvalue weighted by Gasteiger charge is 2.26. The number of rotatable bonds is 4. The van der Waals surface area contributed by atoms with Gasteiger partial charge in [-0.15, -0.1) is 0 Å². The summed E-state index contributed by atoms with van der Waals surface area (Å²) in [5, 5.41) is 2.30. The second-order valence-corrected chi connectivity index (χ2v) is 16.0. The average molecular weight is 639 g/mol. The molecule has 0 spiro atoms. The molecule has 48 heavy (non-hydrogen) atoms. The lowest BCUT2D eigenvalue weighted by Gasteiger charge is -2.25. The number of fused-ring (bicyclic) bond motifs is 4. The van der Waals surface area contributed by atoms with Crippen molar-refractivity contribution < 1.29 is 13.4 Å². The number of para-hydroxylation sites is 3. The zero-order valence-corrected chi connectivity index (χ0v) is 29.5. The lowest BCUT2D eigenvalue weighted by atomic mass is 9.85. The molecule has 3 heterocycles. The van der Waals surface area contributed by atoms with Gasteiger partial charge in [-0.2, -0.15) is 4.57 Å². The van der Waals surface area contributed by atoms with E-state index in [9.17, 15) is 0 Å². The van der Waals surface area contributed by atoms with Gasteiger partial charge in [0, 0.05) is 34.7 Å². The maximum Gasteiger partial charge on any atom is 0.249 e. The monoisotopic (exact) mass is 638 g/mol. The van der Waals surface area contributed by atoms with Crippen LogP contribution in [-0.4, -0.2) is 14.1 Å². The summed E-state index contributed by atoms with van der Waals surface area (Å²) in [4.78, 5) is 4.89. The van der Waals surface area contributed by atoms with Gasteiger partial charge in [0.1, 0.15) is 23.0 Å². The fourth-order valence-corrected chi connectivity index (χ4v) is 6.58. The minimum Gasteiger partial charge on any atom is -0.457 e. The molecule has 0 atom stereocenters. The molecule has 0 saturated heterocycles. The molecule has 0 N–H and O–H groups in total. The van der Waals surface area contributed by atoms with E-state index in [0.29, 0.717) is 11.3 Å². The molecule has 0 fully saturated rings. The van der Waals surface area contributed by atoms with E-state index in [2.05, 4.69) is 128 Å². The Bertz CT molecular complexity index is 2450. The summed E-state index contributed by atoms with van der Waals surface area (Å²) in [6.07, 6.45) is 3.57. The van der Waals surface area contributed by atoms with E-state index in [0.717, 1.165) is 55.7 Å². The Kier molecular flexibility index (Phi) is 6.50. The van der Waals surface area contributed by atoms with Gasteiger partial charge in [-0.1, -0.05) is 92.6 Å². The maximum absolute atomic E-state index is 8.22. The molecule has 0 aliphatic rings. The van der Waals surface area contributed by atoms with E-state index in [1.807, 2.05) is 41.1 Å². The Labute approximate surface area is 288 Å². The van der Waals surface area contributed by atoms with Crippen LogP contribution in [0.25, 0.3) is 44.3 Å². The van der Waals surface area contributed by atoms with Crippen LogP contribution in [0.15, 0.2) is 104 Å². The van der Waals surface area contributed by atoms with Gasteiger partial charge >= 0.3 is 0 Å². The molecule has 4 aromatic carbocycles. The lowest BCUT2D eigenvalue weighted by Crippen LogP contribution is -2.25. The molecule has 0 saturated carbocycles. The Morgan fingerprint density at radius 2 is 1.38 bits per heavy atom. The quantitative estimate of drug-likeness (QED) is 0.180. The Morgan fingerprint density at radius 1 is 0.667 bits per heavy atom. The molecule has 7 rings (SSSR count). The predicted molar refractivity (Wildman–Crippen MR) is 199 cm³/mol. The Balaban J connectivity index is 1.47. The van der Waals surface area contributed by atoms with Gasteiger partial charge < -0.3 is 4.74 Å². The van der Waals surface area contributed by atoms with Gasteiger partial charge in [0.2, 0.25) is 6.33 Å². The molecule has 7 aromatic rings. The number of aryl methyl sites for hydroxylation is 1. The minimum absolute atomic E-state index is 0.0340. The van der Waals surface area contributed by atoms with Crippen LogP contribution in [0.2, 0.25) is 0 Å². The number of pyridine rings is 1. The molecular weight excluding hydrogens is 589 g/mol. The molecule has 5 heteroatoms. The number of nitrogens with zero attached hydrogens (tertiary/aromatic N) is 4. The van der Waals surface area contributed by atoms with Crippen molar-refractivity contribution in [2.24, 2.45) is 6.98 Å². The fourth-order valence-electron chi connectivity index (χ4n) is 6.58. The summed E-state index contributed by atoms with van der Waals surface area (Å²) < 4.78 is 37.3. The van der Waals surface area contributed by atoms with E-state index < -0.39 is 6.98 Å². The number of aromatic nitrogens is 4.